The largest absolute Gasteiger partial charge is 0.343 e. The van der Waals surface area contributed by atoms with E-state index in [0.29, 0.717) is 0 Å². The van der Waals surface area contributed by atoms with E-state index < -0.39 is 0 Å². The molecule has 1 rings (SSSR count). The second kappa shape index (κ2) is 5.21. The van der Waals surface area contributed by atoms with Gasteiger partial charge in [0.1, 0.15) is 0 Å². The molecule has 0 fully saturated rings. The van der Waals surface area contributed by atoms with Crippen molar-refractivity contribution >= 4 is 11.8 Å². The van der Waals surface area contributed by atoms with Gasteiger partial charge < -0.3 is 5.73 Å². The first-order valence-corrected chi connectivity index (χ1v) is 5.59. The van der Waals surface area contributed by atoms with Crippen LogP contribution in [0.5, 0.6) is 0 Å². The highest BCUT2D eigenvalue weighted by atomic mass is 32.2. The van der Waals surface area contributed by atoms with Crippen LogP contribution in [-0.4, -0.2) is 26.6 Å². The molecule has 0 saturated heterocycles. The molecule has 1 unspecified atom stereocenters. The maximum Gasteiger partial charge on any atom is 0.343 e. The van der Waals surface area contributed by atoms with Gasteiger partial charge in [-0.25, -0.2) is 9.89 Å². The Bertz CT molecular complexity index is 330. The molecule has 14 heavy (non-hydrogen) atoms. The highest BCUT2D eigenvalue weighted by Gasteiger charge is 2.04. The minimum Gasteiger partial charge on any atom is -0.328 e. The zero-order chi connectivity index (χ0) is 10.6. The first-order chi connectivity index (χ1) is 6.61. The maximum absolute atomic E-state index is 11.0. The number of rotatable bonds is 5. The second-order valence-corrected chi connectivity index (χ2v) is 4.40. The van der Waals surface area contributed by atoms with E-state index in [2.05, 4.69) is 10.2 Å². The third-order valence-electron chi connectivity index (χ3n) is 1.87. The van der Waals surface area contributed by atoms with Gasteiger partial charge >= 0.3 is 5.69 Å². The Balaban J connectivity index is 2.32. The van der Waals surface area contributed by atoms with Gasteiger partial charge in [-0.05, 0) is 19.8 Å². The summed E-state index contributed by atoms with van der Waals surface area (Å²) in [4.78, 5) is 11.0. The number of hydrogen-bond donors (Lipinski definition) is 2. The van der Waals surface area contributed by atoms with E-state index >= 15 is 0 Å². The Morgan fingerprint density at radius 3 is 2.93 bits per heavy atom. The summed E-state index contributed by atoms with van der Waals surface area (Å²) < 4.78 is 1.51. The molecule has 1 atom stereocenters. The van der Waals surface area contributed by atoms with Crippen LogP contribution in [0.25, 0.3) is 0 Å². The van der Waals surface area contributed by atoms with Crippen molar-refractivity contribution in [2.24, 2.45) is 12.8 Å². The van der Waals surface area contributed by atoms with Crippen molar-refractivity contribution in [3.8, 4) is 0 Å². The molecule has 1 heterocycles. The van der Waals surface area contributed by atoms with Crippen LogP contribution in [0.15, 0.2) is 9.95 Å². The van der Waals surface area contributed by atoms with Crippen molar-refractivity contribution in [2.75, 3.05) is 5.75 Å². The number of aromatic amines is 1. The van der Waals surface area contributed by atoms with E-state index in [4.69, 9.17) is 5.73 Å². The highest BCUT2D eigenvalue weighted by Crippen LogP contribution is 2.14. The van der Waals surface area contributed by atoms with Crippen LogP contribution in [0.3, 0.4) is 0 Å². The molecule has 6 heteroatoms. The van der Waals surface area contributed by atoms with Crippen LogP contribution in [-0.2, 0) is 7.05 Å². The summed E-state index contributed by atoms with van der Waals surface area (Å²) in [5, 5.41) is 7.02. The van der Waals surface area contributed by atoms with Crippen LogP contribution in [0.1, 0.15) is 19.8 Å². The van der Waals surface area contributed by atoms with Crippen molar-refractivity contribution in [1.29, 1.82) is 0 Å². The van der Waals surface area contributed by atoms with Gasteiger partial charge in [0.15, 0.2) is 5.16 Å². The molecule has 80 valence electrons. The van der Waals surface area contributed by atoms with Gasteiger partial charge in [0, 0.05) is 18.8 Å². The number of nitrogens with two attached hydrogens (primary N) is 1. The molecule has 0 radical (unpaired) electrons. The lowest BCUT2D eigenvalue weighted by molar-refractivity contribution is 0.655. The highest BCUT2D eigenvalue weighted by molar-refractivity contribution is 7.99. The van der Waals surface area contributed by atoms with Crippen LogP contribution >= 0.6 is 11.8 Å². The minimum absolute atomic E-state index is 0.167. The SMILES string of the molecule is CC(N)CCCSc1n[nH]c(=O)n1C. The number of aromatic nitrogens is 3. The summed E-state index contributed by atoms with van der Waals surface area (Å²) in [5.74, 6) is 0.944. The molecule has 5 nitrogen and oxygen atoms in total. The van der Waals surface area contributed by atoms with E-state index in [1.807, 2.05) is 6.92 Å². The van der Waals surface area contributed by atoms with Crippen LogP contribution < -0.4 is 11.4 Å². The van der Waals surface area contributed by atoms with Crippen LogP contribution in [0, 0.1) is 0 Å². The molecule has 0 aromatic carbocycles. The maximum atomic E-state index is 11.0. The fourth-order valence-corrected chi connectivity index (χ4v) is 1.91. The molecule has 0 aliphatic carbocycles. The Morgan fingerprint density at radius 1 is 1.71 bits per heavy atom. The van der Waals surface area contributed by atoms with Crippen molar-refractivity contribution in [3.05, 3.63) is 10.5 Å². The lowest BCUT2D eigenvalue weighted by Gasteiger charge is -2.03. The number of nitrogens with zero attached hydrogens (tertiary/aromatic N) is 2. The van der Waals surface area contributed by atoms with E-state index in [1.54, 1.807) is 18.8 Å². The van der Waals surface area contributed by atoms with Gasteiger partial charge in [0.05, 0.1) is 0 Å². The Labute approximate surface area is 87.1 Å². The average Bonchev–Trinajstić information content (AvgIpc) is 2.43. The molecule has 0 saturated carbocycles. The van der Waals surface area contributed by atoms with E-state index in [9.17, 15) is 4.79 Å². The minimum atomic E-state index is -0.167. The second-order valence-electron chi connectivity index (χ2n) is 3.34. The summed E-state index contributed by atoms with van der Waals surface area (Å²) >= 11 is 1.57. The summed E-state index contributed by atoms with van der Waals surface area (Å²) in [7, 11) is 1.71. The predicted octanol–water partition coefficient (Wildman–Crippen LogP) is 0.328. The molecule has 0 aliphatic rings. The quantitative estimate of drug-likeness (QED) is 0.549. The molecule has 1 aromatic rings. The first-order valence-electron chi connectivity index (χ1n) is 4.61. The number of hydrogen-bond acceptors (Lipinski definition) is 4. The van der Waals surface area contributed by atoms with Gasteiger partial charge in [0.2, 0.25) is 0 Å². The van der Waals surface area contributed by atoms with E-state index in [-0.39, 0.29) is 11.7 Å². The molecular formula is C8H16N4OS. The van der Waals surface area contributed by atoms with E-state index in [1.165, 1.54) is 4.57 Å². The molecule has 1 aromatic heterocycles. The topological polar surface area (TPSA) is 76.7 Å². The van der Waals surface area contributed by atoms with E-state index in [0.717, 1.165) is 23.8 Å². The van der Waals surface area contributed by atoms with Crippen molar-refractivity contribution in [1.82, 2.24) is 14.8 Å². The molecular weight excluding hydrogens is 200 g/mol. The number of thioether (sulfide) groups is 1. The van der Waals surface area contributed by atoms with Crippen molar-refractivity contribution in [3.63, 3.8) is 0 Å². The van der Waals surface area contributed by atoms with Crippen LogP contribution in [0.4, 0.5) is 0 Å². The van der Waals surface area contributed by atoms with Gasteiger partial charge in [-0.2, -0.15) is 0 Å². The fourth-order valence-electron chi connectivity index (χ4n) is 1.03. The first kappa shape index (κ1) is 11.3. The zero-order valence-corrected chi connectivity index (χ0v) is 9.30. The predicted molar refractivity (Wildman–Crippen MR) is 57.4 cm³/mol. The smallest absolute Gasteiger partial charge is 0.328 e. The number of H-pyrrole nitrogens is 1. The Kier molecular flexibility index (Phi) is 4.21. The van der Waals surface area contributed by atoms with Gasteiger partial charge in [-0.1, -0.05) is 11.8 Å². The standard InChI is InChI=1S/C8H16N4OS/c1-6(9)4-3-5-14-8-11-10-7(13)12(8)2/h6H,3-5,9H2,1-2H3,(H,10,13). The number of nitrogens with one attached hydrogen (secondary N) is 1. The molecule has 0 amide bonds. The molecule has 3 N–H and O–H groups in total. The molecule has 0 aliphatic heterocycles. The monoisotopic (exact) mass is 216 g/mol. The van der Waals surface area contributed by atoms with Crippen molar-refractivity contribution < 1.29 is 0 Å². The third-order valence-corrected chi connectivity index (χ3v) is 2.99. The van der Waals surface area contributed by atoms with Gasteiger partial charge in [0.25, 0.3) is 0 Å². The Morgan fingerprint density at radius 2 is 2.43 bits per heavy atom. The zero-order valence-electron chi connectivity index (χ0n) is 8.49. The van der Waals surface area contributed by atoms with Gasteiger partial charge in [-0.15, -0.1) is 5.10 Å². The third kappa shape index (κ3) is 3.19. The summed E-state index contributed by atoms with van der Waals surface area (Å²) in [6.07, 6.45) is 2.05. The van der Waals surface area contributed by atoms with Gasteiger partial charge in [-0.3, -0.25) is 4.57 Å². The van der Waals surface area contributed by atoms with Crippen LogP contribution in [0.2, 0.25) is 0 Å². The lowest BCUT2D eigenvalue weighted by atomic mass is 10.2. The lowest BCUT2D eigenvalue weighted by Crippen LogP contribution is -2.14. The summed E-state index contributed by atoms with van der Waals surface area (Å²) in [6, 6.07) is 0.249. The summed E-state index contributed by atoms with van der Waals surface area (Å²) in [6.45, 7) is 1.99. The normalized spacial score (nSPS) is 13.1. The fraction of sp³-hybridized carbons (Fsp3) is 0.750. The summed E-state index contributed by atoms with van der Waals surface area (Å²) in [5.41, 5.74) is 5.45. The molecule has 0 bridgehead atoms. The van der Waals surface area contributed by atoms with Crippen molar-refractivity contribution in [2.45, 2.75) is 31.0 Å². The molecule has 0 spiro atoms. The average molecular weight is 216 g/mol. The Hall–Kier alpha value is -0.750.